The Hall–Kier alpha value is -1.14. The van der Waals surface area contributed by atoms with Crippen LogP contribution in [0.1, 0.15) is 28.9 Å². The zero-order chi connectivity index (χ0) is 12.3. The van der Waals surface area contributed by atoms with Crippen LogP contribution in [0.5, 0.6) is 0 Å². The number of nitrogens with one attached hydrogen (secondary N) is 1. The van der Waals surface area contributed by atoms with Crippen LogP contribution in [-0.2, 0) is 0 Å². The molecule has 1 aromatic rings. The average Bonchev–Trinajstić information content (AvgIpc) is 2.77. The number of piperidine rings is 1. The summed E-state index contributed by atoms with van der Waals surface area (Å²) in [6, 6.07) is 0.529. The number of rotatable bonds is 4. The molecule has 1 aliphatic heterocycles. The first-order chi connectivity index (χ1) is 8.16. The van der Waals surface area contributed by atoms with Crippen molar-refractivity contribution in [3.8, 4) is 0 Å². The van der Waals surface area contributed by atoms with Crippen LogP contribution < -0.4 is 5.32 Å². The molecule has 0 amide bonds. The molecule has 1 atom stereocenters. The lowest BCUT2D eigenvalue weighted by Crippen LogP contribution is -2.40. The smallest absolute Gasteiger partial charge is 0.347 e. The number of aromatic nitrogens is 1. The molecule has 0 spiro atoms. The second-order valence-electron chi connectivity index (χ2n) is 4.35. The van der Waals surface area contributed by atoms with Crippen LogP contribution in [0.2, 0.25) is 0 Å². The molecule has 1 aliphatic rings. The summed E-state index contributed by atoms with van der Waals surface area (Å²) < 4.78 is 0. The van der Waals surface area contributed by atoms with Crippen LogP contribution in [0.25, 0.3) is 0 Å². The molecule has 2 rings (SSSR count). The Labute approximate surface area is 104 Å². The van der Waals surface area contributed by atoms with Crippen molar-refractivity contribution in [2.75, 3.05) is 25.5 Å². The maximum Gasteiger partial charge on any atom is 0.347 e. The van der Waals surface area contributed by atoms with Gasteiger partial charge in [0.1, 0.15) is 4.88 Å². The molecule has 5 nitrogen and oxygen atoms in total. The first-order valence-electron chi connectivity index (χ1n) is 5.80. The number of carboxylic acids is 1. The van der Waals surface area contributed by atoms with Gasteiger partial charge in [0.2, 0.25) is 0 Å². The van der Waals surface area contributed by atoms with E-state index in [2.05, 4.69) is 22.2 Å². The number of hydrogen-bond acceptors (Lipinski definition) is 5. The fourth-order valence-corrected chi connectivity index (χ4v) is 2.72. The number of aromatic carboxylic acids is 1. The molecule has 2 heterocycles. The quantitative estimate of drug-likeness (QED) is 0.858. The standard InChI is InChI=1S/C11H17N3O2S/c1-14-5-3-2-4-8(14)6-12-11-13-7-9(17-11)10(15)16/h7-8H,2-6H2,1H3,(H,12,13)(H,15,16). The molecular weight excluding hydrogens is 238 g/mol. The van der Waals surface area contributed by atoms with E-state index in [1.54, 1.807) is 0 Å². The van der Waals surface area contributed by atoms with Crippen molar-refractivity contribution >= 4 is 22.4 Å². The molecule has 1 aromatic heterocycles. The Kier molecular flexibility index (Phi) is 3.96. The molecule has 1 unspecified atom stereocenters. The highest BCUT2D eigenvalue weighted by atomic mass is 32.1. The van der Waals surface area contributed by atoms with Gasteiger partial charge in [-0.05, 0) is 26.4 Å². The predicted octanol–water partition coefficient (Wildman–Crippen LogP) is 1.74. The second kappa shape index (κ2) is 5.46. The highest BCUT2D eigenvalue weighted by Gasteiger charge is 2.19. The lowest BCUT2D eigenvalue weighted by molar-refractivity contribution is 0.0702. The summed E-state index contributed by atoms with van der Waals surface area (Å²) in [6.07, 6.45) is 5.14. The monoisotopic (exact) mass is 255 g/mol. The van der Waals surface area contributed by atoms with E-state index in [-0.39, 0.29) is 4.88 Å². The summed E-state index contributed by atoms with van der Waals surface area (Å²) in [5, 5.41) is 12.7. The Morgan fingerprint density at radius 1 is 1.71 bits per heavy atom. The molecule has 6 heteroatoms. The third-order valence-electron chi connectivity index (χ3n) is 3.13. The van der Waals surface area contributed by atoms with Gasteiger partial charge in [0.15, 0.2) is 5.13 Å². The molecule has 0 bridgehead atoms. The molecule has 17 heavy (non-hydrogen) atoms. The van der Waals surface area contributed by atoms with E-state index in [4.69, 9.17) is 5.11 Å². The van der Waals surface area contributed by atoms with E-state index in [1.165, 1.54) is 36.8 Å². The molecule has 0 aliphatic carbocycles. The van der Waals surface area contributed by atoms with Gasteiger partial charge in [-0.3, -0.25) is 0 Å². The van der Waals surface area contributed by atoms with E-state index in [0.29, 0.717) is 11.2 Å². The van der Waals surface area contributed by atoms with E-state index >= 15 is 0 Å². The molecule has 2 N–H and O–H groups in total. The maximum absolute atomic E-state index is 10.7. The van der Waals surface area contributed by atoms with Crippen molar-refractivity contribution < 1.29 is 9.90 Å². The highest BCUT2D eigenvalue weighted by molar-refractivity contribution is 7.17. The summed E-state index contributed by atoms with van der Waals surface area (Å²) in [5.41, 5.74) is 0. The van der Waals surface area contributed by atoms with E-state index in [9.17, 15) is 4.79 Å². The minimum Gasteiger partial charge on any atom is -0.477 e. The van der Waals surface area contributed by atoms with Crippen molar-refractivity contribution in [2.45, 2.75) is 25.3 Å². The van der Waals surface area contributed by atoms with Crippen LogP contribution in [-0.4, -0.2) is 47.1 Å². The van der Waals surface area contributed by atoms with Crippen LogP contribution in [0.3, 0.4) is 0 Å². The van der Waals surface area contributed by atoms with Crippen LogP contribution in [0.4, 0.5) is 5.13 Å². The molecule has 1 saturated heterocycles. The van der Waals surface area contributed by atoms with Crippen molar-refractivity contribution in [1.29, 1.82) is 0 Å². The summed E-state index contributed by atoms with van der Waals surface area (Å²) in [4.78, 5) is 17.4. The normalized spacial score (nSPS) is 21.4. The first-order valence-corrected chi connectivity index (χ1v) is 6.61. The van der Waals surface area contributed by atoms with Gasteiger partial charge in [0, 0.05) is 12.6 Å². The summed E-state index contributed by atoms with van der Waals surface area (Å²) in [6.45, 7) is 1.98. The highest BCUT2D eigenvalue weighted by Crippen LogP contribution is 2.20. The lowest BCUT2D eigenvalue weighted by atomic mass is 10.0. The molecule has 0 radical (unpaired) electrons. The Bertz CT molecular complexity index is 394. The third-order valence-corrected chi connectivity index (χ3v) is 4.07. The number of carbonyl (C=O) groups is 1. The molecule has 0 aromatic carbocycles. The van der Waals surface area contributed by atoms with Crippen molar-refractivity contribution in [3.63, 3.8) is 0 Å². The summed E-state index contributed by atoms with van der Waals surface area (Å²) in [5.74, 6) is -0.912. The predicted molar refractivity (Wildman–Crippen MR) is 67.8 cm³/mol. The first kappa shape index (κ1) is 12.3. The SMILES string of the molecule is CN1CCCCC1CNc1ncc(C(=O)O)s1. The van der Waals surface area contributed by atoms with E-state index < -0.39 is 5.97 Å². The maximum atomic E-state index is 10.7. The van der Waals surface area contributed by atoms with E-state index in [0.717, 1.165) is 13.1 Å². The van der Waals surface area contributed by atoms with Gasteiger partial charge in [-0.25, -0.2) is 9.78 Å². The van der Waals surface area contributed by atoms with Crippen molar-refractivity contribution in [2.24, 2.45) is 0 Å². The zero-order valence-corrected chi connectivity index (χ0v) is 10.7. The molecular formula is C11H17N3O2S. The van der Waals surface area contributed by atoms with Crippen molar-refractivity contribution in [1.82, 2.24) is 9.88 Å². The second-order valence-corrected chi connectivity index (χ2v) is 5.38. The average molecular weight is 255 g/mol. The van der Waals surface area contributed by atoms with Gasteiger partial charge in [-0.2, -0.15) is 0 Å². The zero-order valence-electron chi connectivity index (χ0n) is 9.85. The number of anilines is 1. The molecule has 94 valence electrons. The molecule has 0 saturated carbocycles. The van der Waals surface area contributed by atoms with E-state index in [1.807, 2.05) is 0 Å². The molecule has 1 fully saturated rings. The lowest BCUT2D eigenvalue weighted by Gasteiger charge is -2.32. The number of likely N-dealkylation sites (tertiary alicyclic amines) is 1. The summed E-state index contributed by atoms with van der Waals surface area (Å²) in [7, 11) is 2.13. The number of carboxylic acid groups (broad SMARTS) is 1. The number of likely N-dealkylation sites (N-methyl/N-ethyl adjacent to an activating group) is 1. The van der Waals surface area contributed by atoms with Crippen LogP contribution >= 0.6 is 11.3 Å². The van der Waals surface area contributed by atoms with Gasteiger partial charge in [-0.15, -0.1) is 0 Å². The van der Waals surface area contributed by atoms with Crippen LogP contribution in [0.15, 0.2) is 6.20 Å². The summed E-state index contributed by atoms with van der Waals surface area (Å²) >= 11 is 1.19. The Morgan fingerprint density at radius 2 is 2.53 bits per heavy atom. The third kappa shape index (κ3) is 3.17. The minimum atomic E-state index is -0.912. The Morgan fingerprint density at radius 3 is 3.18 bits per heavy atom. The number of hydrogen-bond donors (Lipinski definition) is 2. The van der Waals surface area contributed by atoms with Crippen molar-refractivity contribution in [3.05, 3.63) is 11.1 Å². The fraction of sp³-hybridized carbons (Fsp3) is 0.636. The Balaban J connectivity index is 1.86. The van der Waals surface area contributed by atoms with Gasteiger partial charge >= 0.3 is 5.97 Å². The minimum absolute atomic E-state index is 0.282. The topological polar surface area (TPSA) is 65.5 Å². The van der Waals surface area contributed by atoms with Gasteiger partial charge in [0.25, 0.3) is 0 Å². The number of thiazole rings is 1. The van der Waals surface area contributed by atoms with Gasteiger partial charge < -0.3 is 15.3 Å². The van der Waals surface area contributed by atoms with Gasteiger partial charge in [-0.1, -0.05) is 17.8 Å². The van der Waals surface area contributed by atoms with Gasteiger partial charge in [0.05, 0.1) is 6.20 Å². The largest absolute Gasteiger partial charge is 0.477 e. The fourth-order valence-electron chi connectivity index (χ4n) is 2.06. The van der Waals surface area contributed by atoms with Crippen LogP contribution in [0, 0.1) is 0 Å². The number of nitrogens with zero attached hydrogens (tertiary/aromatic N) is 2.